The Morgan fingerprint density at radius 2 is 2.08 bits per heavy atom. The number of hydrogen-bond donors (Lipinski definition) is 2. The number of benzene rings is 1. The van der Waals surface area contributed by atoms with E-state index in [4.69, 9.17) is 24.7 Å². The molecule has 1 amide bonds. The van der Waals surface area contributed by atoms with Gasteiger partial charge in [-0.25, -0.2) is 0 Å². The number of ether oxygens (including phenoxy) is 4. The van der Waals surface area contributed by atoms with Gasteiger partial charge in [-0.2, -0.15) is 0 Å². The summed E-state index contributed by atoms with van der Waals surface area (Å²) in [7, 11) is 3.21. The van der Waals surface area contributed by atoms with Crippen molar-refractivity contribution in [2.24, 2.45) is 5.73 Å². The summed E-state index contributed by atoms with van der Waals surface area (Å²) in [5.41, 5.74) is 6.52. The van der Waals surface area contributed by atoms with E-state index in [0.29, 0.717) is 37.7 Å². The lowest BCUT2D eigenvalue weighted by molar-refractivity contribution is -0.132. The average Bonchev–Trinajstić information content (AvgIpc) is 3.11. The van der Waals surface area contributed by atoms with E-state index >= 15 is 0 Å². The molecule has 1 saturated heterocycles. The van der Waals surface area contributed by atoms with Crippen LogP contribution in [0.4, 0.5) is 0 Å². The van der Waals surface area contributed by atoms with Crippen LogP contribution in [0.2, 0.25) is 0 Å². The fourth-order valence-corrected chi connectivity index (χ4v) is 2.77. The summed E-state index contributed by atoms with van der Waals surface area (Å²) >= 11 is 0. The maximum atomic E-state index is 12.3. The second-order valence-corrected chi connectivity index (χ2v) is 6.04. The molecule has 0 aromatic heterocycles. The molecule has 1 unspecified atom stereocenters. The third kappa shape index (κ3) is 6.02. The number of rotatable bonds is 9. The number of nitrogens with one attached hydrogen (secondary N) is 1. The van der Waals surface area contributed by atoms with Gasteiger partial charge in [0.15, 0.2) is 11.5 Å². The van der Waals surface area contributed by atoms with Crippen LogP contribution in [0, 0.1) is 0 Å². The fourth-order valence-electron chi connectivity index (χ4n) is 2.77. The molecular formula is C18H29ClN2O5. The second-order valence-electron chi connectivity index (χ2n) is 6.04. The van der Waals surface area contributed by atoms with Crippen LogP contribution in [0.25, 0.3) is 0 Å². The number of amides is 1. The third-order valence-electron chi connectivity index (χ3n) is 4.25. The lowest BCUT2D eigenvalue weighted by atomic mass is 10.1. The summed E-state index contributed by atoms with van der Waals surface area (Å²) in [6.07, 6.45) is 1.09. The molecule has 1 fully saturated rings. The smallest absolute Gasteiger partial charge is 0.249 e. The minimum absolute atomic E-state index is 0. The predicted molar refractivity (Wildman–Crippen MR) is 101 cm³/mol. The largest absolute Gasteiger partial charge is 0.493 e. The van der Waals surface area contributed by atoms with Crippen molar-refractivity contribution in [1.82, 2.24) is 5.32 Å². The van der Waals surface area contributed by atoms with Crippen LogP contribution in [-0.2, 0) is 14.3 Å². The van der Waals surface area contributed by atoms with Gasteiger partial charge in [0.1, 0.15) is 12.7 Å². The van der Waals surface area contributed by atoms with Crippen molar-refractivity contribution in [2.75, 3.05) is 34.0 Å². The summed E-state index contributed by atoms with van der Waals surface area (Å²) < 4.78 is 21.6. The zero-order chi connectivity index (χ0) is 18.2. The second kappa shape index (κ2) is 11.2. The van der Waals surface area contributed by atoms with Crippen molar-refractivity contribution < 1.29 is 23.7 Å². The van der Waals surface area contributed by atoms with E-state index in [1.54, 1.807) is 14.2 Å². The molecular weight excluding hydrogens is 360 g/mol. The SMILES string of the molecule is COCCOc1ccc(C(C)NC(=O)[C@@H]2CC[C@H](CN)O2)cc1OC.Cl. The Morgan fingerprint density at radius 3 is 2.69 bits per heavy atom. The first-order valence-corrected chi connectivity index (χ1v) is 8.54. The molecule has 3 atom stereocenters. The van der Waals surface area contributed by atoms with Gasteiger partial charge in [0.05, 0.1) is 25.9 Å². The Labute approximate surface area is 160 Å². The van der Waals surface area contributed by atoms with Crippen molar-refractivity contribution in [2.45, 2.75) is 38.0 Å². The van der Waals surface area contributed by atoms with Gasteiger partial charge >= 0.3 is 0 Å². The van der Waals surface area contributed by atoms with Crippen LogP contribution in [0.3, 0.4) is 0 Å². The molecule has 8 heteroatoms. The average molecular weight is 389 g/mol. The van der Waals surface area contributed by atoms with Crippen LogP contribution < -0.4 is 20.5 Å². The van der Waals surface area contributed by atoms with Gasteiger partial charge in [-0.15, -0.1) is 12.4 Å². The molecule has 0 spiro atoms. The molecule has 0 saturated carbocycles. The molecule has 0 radical (unpaired) electrons. The van der Waals surface area contributed by atoms with Crippen LogP contribution in [0.5, 0.6) is 11.5 Å². The lowest BCUT2D eigenvalue weighted by Gasteiger charge is -2.19. The first-order chi connectivity index (χ1) is 12.1. The predicted octanol–water partition coefficient (Wildman–Crippen LogP) is 1.83. The summed E-state index contributed by atoms with van der Waals surface area (Å²) in [4.78, 5) is 12.3. The Kier molecular flexibility index (Phi) is 9.72. The van der Waals surface area contributed by atoms with Crippen LogP contribution in [-0.4, -0.2) is 52.1 Å². The quantitative estimate of drug-likeness (QED) is 0.627. The van der Waals surface area contributed by atoms with Crippen molar-refractivity contribution in [1.29, 1.82) is 0 Å². The van der Waals surface area contributed by atoms with Crippen molar-refractivity contribution >= 4 is 18.3 Å². The molecule has 3 N–H and O–H groups in total. The maximum absolute atomic E-state index is 12.3. The number of methoxy groups -OCH3 is 2. The molecule has 1 heterocycles. The Hall–Kier alpha value is -1.54. The van der Waals surface area contributed by atoms with E-state index in [9.17, 15) is 4.79 Å². The Balaban J connectivity index is 0.00000338. The van der Waals surface area contributed by atoms with E-state index in [1.807, 2.05) is 25.1 Å². The molecule has 1 aliphatic rings. The van der Waals surface area contributed by atoms with Gasteiger partial charge < -0.3 is 30.0 Å². The van der Waals surface area contributed by atoms with Crippen LogP contribution in [0.1, 0.15) is 31.4 Å². The summed E-state index contributed by atoms with van der Waals surface area (Å²) in [6, 6.07) is 5.44. The van der Waals surface area contributed by atoms with E-state index in [0.717, 1.165) is 12.0 Å². The fraction of sp³-hybridized carbons (Fsp3) is 0.611. The van der Waals surface area contributed by atoms with E-state index in [1.165, 1.54) is 0 Å². The lowest BCUT2D eigenvalue weighted by Crippen LogP contribution is -2.37. The highest BCUT2D eigenvalue weighted by Gasteiger charge is 2.30. The van der Waals surface area contributed by atoms with Crippen LogP contribution in [0.15, 0.2) is 18.2 Å². The highest BCUT2D eigenvalue weighted by molar-refractivity contribution is 5.85. The molecule has 1 aliphatic heterocycles. The summed E-state index contributed by atoms with van der Waals surface area (Å²) in [5.74, 6) is 1.16. The zero-order valence-electron chi connectivity index (χ0n) is 15.5. The van der Waals surface area contributed by atoms with Crippen molar-refractivity contribution in [3.8, 4) is 11.5 Å². The minimum atomic E-state index is -0.422. The van der Waals surface area contributed by atoms with Gasteiger partial charge in [-0.05, 0) is 37.5 Å². The topological polar surface area (TPSA) is 92.0 Å². The molecule has 148 valence electrons. The first-order valence-electron chi connectivity index (χ1n) is 8.54. The Bertz CT molecular complexity index is 573. The van der Waals surface area contributed by atoms with E-state index in [-0.39, 0.29) is 30.5 Å². The molecule has 2 rings (SSSR count). The van der Waals surface area contributed by atoms with Gasteiger partial charge in [0.25, 0.3) is 0 Å². The molecule has 1 aromatic rings. The number of carbonyl (C=O) groups excluding carboxylic acids is 1. The molecule has 0 bridgehead atoms. The third-order valence-corrected chi connectivity index (χ3v) is 4.25. The number of carbonyl (C=O) groups is 1. The molecule has 26 heavy (non-hydrogen) atoms. The minimum Gasteiger partial charge on any atom is -0.493 e. The zero-order valence-corrected chi connectivity index (χ0v) is 16.3. The van der Waals surface area contributed by atoms with Gasteiger partial charge in [0, 0.05) is 13.7 Å². The van der Waals surface area contributed by atoms with Gasteiger partial charge in [-0.3, -0.25) is 4.79 Å². The Morgan fingerprint density at radius 1 is 1.31 bits per heavy atom. The summed E-state index contributed by atoms with van der Waals surface area (Å²) in [6.45, 7) is 3.32. The highest BCUT2D eigenvalue weighted by Crippen LogP contribution is 2.30. The highest BCUT2D eigenvalue weighted by atomic mass is 35.5. The van der Waals surface area contributed by atoms with E-state index < -0.39 is 6.10 Å². The monoisotopic (exact) mass is 388 g/mol. The van der Waals surface area contributed by atoms with Crippen LogP contribution >= 0.6 is 12.4 Å². The van der Waals surface area contributed by atoms with E-state index in [2.05, 4.69) is 5.32 Å². The first kappa shape index (κ1) is 22.5. The normalized spacial score (nSPS) is 20.2. The summed E-state index contributed by atoms with van der Waals surface area (Å²) in [5, 5.41) is 2.98. The number of hydrogen-bond acceptors (Lipinski definition) is 6. The maximum Gasteiger partial charge on any atom is 0.249 e. The van der Waals surface area contributed by atoms with Crippen molar-refractivity contribution in [3.05, 3.63) is 23.8 Å². The standard InChI is InChI=1S/C18H28N2O5.ClH/c1-12(20-18(21)16-7-5-14(11-19)25-16)13-4-6-15(17(10-13)23-3)24-9-8-22-2;/h4,6,10,12,14,16H,5,7-9,11,19H2,1-3H3,(H,20,21);1H/t12?,14-,16+;/m1./s1. The molecule has 7 nitrogen and oxygen atoms in total. The van der Waals surface area contributed by atoms with Crippen molar-refractivity contribution in [3.63, 3.8) is 0 Å². The van der Waals surface area contributed by atoms with Gasteiger partial charge in [0.2, 0.25) is 5.91 Å². The number of halogens is 1. The molecule has 0 aliphatic carbocycles. The van der Waals surface area contributed by atoms with Gasteiger partial charge in [-0.1, -0.05) is 6.07 Å². The molecule has 1 aromatic carbocycles. The number of nitrogens with two attached hydrogens (primary N) is 1.